The maximum absolute atomic E-state index is 12.1. The highest BCUT2D eigenvalue weighted by molar-refractivity contribution is 7.12. The van der Waals surface area contributed by atoms with Gasteiger partial charge in [0, 0.05) is 28.2 Å². The first-order valence-corrected chi connectivity index (χ1v) is 9.02. The molecule has 0 aliphatic carbocycles. The van der Waals surface area contributed by atoms with Crippen LogP contribution in [0.25, 0.3) is 0 Å². The summed E-state index contributed by atoms with van der Waals surface area (Å²) in [6.07, 6.45) is 0.0241. The smallest absolute Gasteiger partial charge is 0.276 e. The van der Waals surface area contributed by atoms with Crippen molar-refractivity contribution in [2.45, 2.75) is 26.7 Å². The number of carbonyl (C=O) groups is 3. The van der Waals surface area contributed by atoms with Crippen molar-refractivity contribution in [3.63, 3.8) is 0 Å². The molecule has 0 saturated heterocycles. The van der Waals surface area contributed by atoms with E-state index in [9.17, 15) is 14.4 Å². The van der Waals surface area contributed by atoms with Crippen LogP contribution in [-0.2, 0) is 9.59 Å². The minimum Gasteiger partial charge on any atom is -0.482 e. The Morgan fingerprint density at radius 2 is 1.81 bits per heavy atom. The number of nitriles is 1. The molecule has 0 unspecified atom stereocenters. The summed E-state index contributed by atoms with van der Waals surface area (Å²) in [5.74, 6) is -0.867. The van der Waals surface area contributed by atoms with Gasteiger partial charge in [0.05, 0.1) is 5.56 Å². The van der Waals surface area contributed by atoms with E-state index in [1.807, 2.05) is 26.0 Å². The highest BCUT2D eigenvalue weighted by Crippen LogP contribution is 2.22. The van der Waals surface area contributed by atoms with Crippen LogP contribution in [0.5, 0.6) is 5.75 Å². The lowest BCUT2D eigenvalue weighted by atomic mass is 10.1. The molecule has 1 aromatic carbocycles. The maximum Gasteiger partial charge on any atom is 0.276 e. The Labute approximate surface area is 160 Å². The molecule has 2 aromatic rings. The van der Waals surface area contributed by atoms with Gasteiger partial charge < -0.3 is 4.74 Å². The van der Waals surface area contributed by atoms with Crippen molar-refractivity contribution in [1.29, 1.82) is 5.26 Å². The zero-order valence-electron chi connectivity index (χ0n) is 15.0. The van der Waals surface area contributed by atoms with Gasteiger partial charge in [0.2, 0.25) is 5.91 Å². The molecular weight excluding hydrogens is 366 g/mol. The Morgan fingerprint density at radius 3 is 2.48 bits per heavy atom. The van der Waals surface area contributed by atoms with Crippen LogP contribution in [0.15, 0.2) is 30.3 Å². The first-order valence-electron chi connectivity index (χ1n) is 8.20. The fraction of sp³-hybridized carbons (Fsp3) is 0.263. The number of para-hydroxylation sites is 1. The quantitative estimate of drug-likeness (QED) is 0.562. The zero-order valence-corrected chi connectivity index (χ0v) is 15.8. The van der Waals surface area contributed by atoms with E-state index in [2.05, 4.69) is 10.9 Å². The zero-order chi connectivity index (χ0) is 19.8. The second-order valence-electron chi connectivity index (χ2n) is 5.74. The molecule has 2 rings (SSSR count). The van der Waals surface area contributed by atoms with E-state index in [4.69, 9.17) is 10.00 Å². The van der Waals surface area contributed by atoms with E-state index < -0.39 is 11.8 Å². The number of ether oxygens (including phenoxy) is 1. The van der Waals surface area contributed by atoms with Crippen molar-refractivity contribution in [1.82, 2.24) is 10.9 Å². The molecule has 0 atom stereocenters. The SMILES string of the molecule is Cc1cc(C(=O)CCC(=O)NNC(=O)COc2ccccc2C#N)c(C)s1. The fourth-order valence-corrected chi connectivity index (χ4v) is 3.28. The lowest BCUT2D eigenvalue weighted by molar-refractivity contribution is -0.130. The van der Waals surface area contributed by atoms with Crippen molar-refractivity contribution in [2.75, 3.05) is 6.61 Å². The number of nitrogens with one attached hydrogen (secondary N) is 2. The molecule has 0 fully saturated rings. The normalized spacial score (nSPS) is 9.96. The van der Waals surface area contributed by atoms with E-state index in [1.54, 1.807) is 24.3 Å². The largest absolute Gasteiger partial charge is 0.482 e. The Morgan fingerprint density at radius 1 is 1.11 bits per heavy atom. The Hall–Kier alpha value is -3.18. The van der Waals surface area contributed by atoms with E-state index in [0.717, 1.165) is 9.75 Å². The van der Waals surface area contributed by atoms with Crippen molar-refractivity contribution in [3.8, 4) is 11.8 Å². The van der Waals surface area contributed by atoms with E-state index in [-0.39, 0.29) is 31.0 Å². The predicted molar refractivity (Wildman–Crippen MR) is 100 cm³/mol. The molecule has 2 amide bonds. The number of hydrogen-bond acceptors (Lipinski definition) is 6. The summed E-state index contributed by atoms with van der Waals surface area (Å²) in [5, 5.41) is 8.95. The van der Waals surface area contributed by atoms with Gasteiger partial charge in [0.25, 0.3) is 5.91 Å². The summed E-state index contributed by atoms with van der Waals surface area (Å²) in [4.78, 5) is 37.6. The third-order valence-electron chi connectivity index (χ3n) is 3.63. The van der Waals surface area contributed by atoms with Crippen molar-refractivity contribution < 1.29 is 19.1 Å². The Kier molecular flexibility index (Phi) is 7.08. The number of Topliss-reactive ketones (excluding diaryl/α,β-unsaturated/α-hetero) is 1. The van der Waals surface area contributed by atoms with Crippen LogP contribution in [0.1, 0.15) is 38.5 Å². The summed E-state index contributed by atoms with van der Waals surface area (Å²) in [5.41, 5.74) is 5.40. The molecule has 2 N–H and O–H groups in total. The number of hydrogen-bond donors (Lipinski definition) is 2. The van der Waals surface area contributed by atoms with Gasteiger partial charge in [-0.15, -0.1) is 11.3 Å². The molecule has 1 heterocycles. The lowest BCUT2D eigenvalue weighted by Crippen LogP contribution is -2.43. The number of carbonyl (C=O) groups excluding carboxylic acids is 3. The number of ketones is 1. The van der Waals surface area contributed by atoms with Crippen LogP contribution < -0.4 is 15.6 Å². The minimum absolute atomic E-state index is 0.0361. The monoisotopic (exact) mass is 385 g/mol. The van der Waals surface area contributed by atoms with Crippen molar-refractivity contribution in [2.24, 2.45) is 0 Å². The van der Waals surface area contributed by atoms with Gasteiger partial charge in [0.1, 0.15) is 11.8 Å². The highest BCUT2D eigenvalue weighted by Gasteiger charge is 2.14. The topological polar surface area (TPSA) is 108 Å². The molecule has 0 aliphatic rings. The van der Waals surface area contributed by atoms with Crippen molar-refractivity contribution in [3.05, 3.63) is 51.2 Å². The number of amides is 2. The molecule has 27 heavy (non-hydrogen) atoms. The van der Waals surface area contributed by atoms with E-state index in [1.165, 1.54) is 11.3 Å². The van der Waals surface area contributed by atoms with Gasteiger partial charge in [-0.2, -0.15) is 5.26 Å². The molecule has 0 bridgehead atoms. The first-order chi connectivity index (χ1) is 12.9. The van der Waals surface area contributed by atoms with Crippen LogP contribution in [0, 0.1) is 25.2 Å². The van der Waals surface area contributed by atoms with Crippen LogP contribution >= 0.6 is 11.3 Å². The first kappa shape index (κ1) is 20.1. The van der Waals surface area contributed by atoms with Crippen LogP contribution in [0.2, 0.25) is 0 Å². The fourth-order valence-electron chi connectivity index (χ4n) is 2.34. The van der Waals surface area contributed by atoms with Crippen LogP contribution in [0.3, 0.4) is 0 Å². The third-order valence-corrected chi connectivity index (χ3v) is 4.59. The summed E-state index contributed by atoms with van der Waals surface area (Å²) in [7, 11) is 0. The van der Waals surface area contributed by atoms with Crippen molar-refractivity contribution >= 4 is 28.9 Å². The molecule has 1 aromatic heterocycles. The number of benzene rings is 1. The van der Waals surface area contributed by atoms with Gasteiger partial charge in [0.15, 0.2) is 12.4 Å². The summed E-state index contributed by atoms with van der Waals surface area (Å²) >= 11 is 1.54. The number of aryl methyl sites for hydroxylation is 2. The average Bonchev–Trinajstić information content (AvgIpc) is 3.01. The molecule has 8 heteroatoms. The predicted octanol–water partition coefficient (Wildman–Crippen LogP) is 2.43. The summed E-state index contributed by atoms with van der Waals surface area (Å²) in [6.45, 7) is 3.44. The average molecular weight is 385 g/mol. The molecule has 140 valence electrons. The van der Waals surface area contributed by atoms with E-state index in [0.29, 0.717) is 11.1 Å². The number of thiophene rings is 1. The third kappa shape index (κ3) is 5.94. The summed E-state index contributed by atoms with van der Waals surface area (Å²) < 4.78 is 5.25. The number of nitrogens with zero attached hydrogens (tertiary/aromatic N) is 1. The standard InChI is InChI=1S/C19H19N3O4S/c1-12-9-15(13(2)27-12)16(23)7-8-18(24)21-22-19(25)11-26-17-6-4-3-5-14(17)10-20/h3-6,9H,7-8,11H2,1-2H3,(H,21,24)(H,22,25). The Balaban J connectivity index is 1.72. The van der Waals surface area contributed by atoms with Gasteiger partial charge in [-0.3, -0.25) is 25.2 Å². The molecule has 0 spiro atoms. The molecule has 0 radical (unpaired) electrons. The van der Waals surface area contributed by atoms with Gasteiger partial charge >= 0.3 is 0 Å². The van der Waals surface area contributed by atoms with E-state index >= 15 is 0 Å². The minimum atomic E-state index is -0.577. The molecule has 0 saturated carbocycles. The summed E-state index contributed by atoms with van der Waals surface area (Å²) in [6, 6.07) is 10.3. The number of rotatable bonds is 7. The second-order valence-corrected chi connectivity index (χ2v) is 7.20. The lowest BCUT2D eigenvalue weighted by Gasteiger charge is -2.09. The second kappa shape index (κ2) is 9.50. The van der Waals surface area contributed by atoms with Gasteiger partial charge in [-0.1, -0.05) is 12.1 Å². The molecule has 7 nitrogen and oxygen atoms in total. The molecular formula is C19H19N3O4S. The van der Waals surface area contributed by atoms with Crippen LogP contribution in [-0.4, -0.2) is 24.2 Å². The van der Waals surface area contributed by atoms with Crippen LogP contribution in [0.4, 0.5) is 0 Å². The van der Waals surface area contributed by atoms with Gasteiger partial charge in [-0.25, -0.2) is 0 Å². The highest BCUT2D eigenvalue weighted by atomic mass is 32.1. The maximum atomic E-state index is 12.1. The Bertz CT molecular complexity index is 899. The van der Waals surface area contributed by atoms with Gasteiger partial charge in [-0.05, 0) is 32.0 Å². The number of hydrazine groups is 1. The molecule has 0 aliphatic heterocycles.